The van der Waals surface area contributed by atoms with E-state index in [1.165, 1.54) is 0 Å². The van der Waals surface area contributed by atoms with Gasteiger partial charge in [0, 0.05) is 18.0 Å². The molecule has 0 N–H and O–H groups in total. The molecule has 0 unspecified atom stereocenters. The monoisotopic (exact) mass is 262 g/mol. The van der Waals surface area contributed by atoms with E-state index in [-0.39, 0.29) is 17.3 Å². The zero-order chi connectivity index (χ0) is 13.0. The van der Waals surface area contributed by atoms with Crippen molar-refractivity contribution in [3.8, 4) is 11.3 Å². The number of carbonyl (C=O) groups is 1. The summed E-state index contributed by atoms with van der Waals surface area (Å²) >= 11 is 5.94. The SMILES string of the molecule is CCOC(=O)c1nc(-c2cccnc2)ccc1Cl. The van der Waals surface area contributed by atoms with Crippen LogP contribution in [0.25, 0.3) is 11.3 Å². The predicted molar refractivity (Wildman–Crippen MR) is 68.4 cm³/mol. The third-order valence-corrected chi connectivity index (χ3v) is 2.58. The molecule has 0 fully saturated rings. The number of esters is 1. The number of hydrogen-bond acceptors (Lipinski definition) is 4. The standard InChI is InChI=1S/C13H11ClN2O2/c1-2-18-13(17)12-10(14)5-6-11(16-12)9-4-3-7-15-8-9/h3-8H,2H2,1H3. The van der Waals surface area contributed by atoms with Crippen molar-refractivity contribution in [3.05, 3.63) is 47.4 Å². The van der Waals surface area contributed by atoms with Gasteiger partial charge in [-0.3, -0.25) is 4.98 Å². The average Bonchev–Trinajstić information content (AvgIpc) is 2.40. The molecule has 0 aliphatic heterocycles. The lowest BCUT2D eigenvalue weighted by atomic mass is 10.2. The molecule has 92 valence electrons. The molecule has 5 heteroatoms. The van der Waals surface area contributed by atoms with Crippen molar-refractivity contribution in [3.63, 3.8) is 0 Å². The summed E-state index contributed by atoms with van der Waals surface area (Å²) in [6, 6.07) is 7.03. The van der Waals surface area contributed by atoms with Gasteiger partial charge in [0.15, 0.2) is 5.69 Å². The van der Waals surface area contributed by atoms with Crippen LogP contribution in [0.3, 0.4) is 0 Å². The zero-order valence-electron chi connectivity index (χ0n) is 9.76. The fraction of sp³-hybridized carbons (Fsp3) is 0.154. The Kier molecular flexibility index (Phi) is 3.89. The second-order valence-electron chi connectivity index (χ2n) is 3.49. The smallest absolute Gasteiger partial charge is 0.358 e. The first-order chi connectivity index (χ1) is 8.72. The largest absolute Gasteiger partial charge is 0.461 e. The van der Waals surface area contributed by atoms with E-state index in [2.05, 4.69) is 9.97 Å². The summed E-state index contributed by atoms with van der Waals surface area (Å²) in [4.78, 5) is 19.9. The molecule has 2 aromatic rings. The fourth-order valence-corrected chi connectivity index (χ4v) is 1.64. The summed E-state index contributed by atoms with van der Waals surface area (Å²) in [6.07, 6.45) is 3.34. The number of rotatable bonds is 3. The molecular weight excluding hydrogens is 252 g/mol. The van der Waals surface area contributed by atoms with Gasteiger partial charge in [-0.1, -0.05) is 11.6 Å². The van der Waals surface area contributed by atoms with Gasteiger partial charge >= 0.3 is 5.97 Å². The average molecular weight is 263 g/mol. The molecule has 0 bridgehead atoms. The molecule has 0 amide bonds. The molecule has 2 heterocycles. The number of halogens is 1. The summed E-state index contributed by atoms with van der Waals surface area (Å²) < 4.78 is 4.90. The van der Waals surface area contributed by atoms with Crippen LogP contribution in [0.1, 0.15) is 17.4 Å². The first-order valence-electron chi connectivity index (χ1n) is 5.46. The highest BCUT2D eigenvalue weighted by Gasteiger charge is 2.14. The van der Waals surface area contributed by atoms with Crippen molar-refractivity contribution >= 4 is 17.6 Å². The van der Waals surface area contributed by atoms with E-state index >= 15 is 0 Å². The van der Waals surface area contributed by atoms with Crippen molar-refractivity contribution in [1.29, 1.82) is 0 Å². The lowest BCUT2D eigenvalue weighted by Crippen LogP contribution is -2.08. The molecule has 2 aromatic heterocycles. The summed E-state index contributed by atoms with van der Waals surface area (Å²) in [6.45, 7) is 2.02. The van der Waals surface area contributed by atoms with Crippen molar-refractivity contribution in [2.75, 3.05) is 6.61 Å². The van der Waals surface area contributed by atoms with Gasteiger partial charge in [0.1, 0.15) is 0 Å². The van der Waals surface area contributed by atoms with Crippen LogP contribution in [-0.4, -0.2) is 22.5 Å². The van der Waals surface area contributed by atoms with Gasteiger partial charge in [-0.05, 0) is 31.2 Å². The Morgan fingerprint density at radius 1 is 1.39 bits per heavy atom. The van der Waals surface area contributed by atoms with Crippen LogP contribution in [0, 0.1) is 0 Å². The van der Waals surface area contributed by atoms with Crippen LogP contribution >= 0.6 is 11.6 Å². The van der Waals surface area contributed by atoms with Gasteiger partial charge in [-0.15, -0.1) is 0 Å². The van der Waals surface area contributed by atoms with Gasteiger partial charge in [-0.25, -0.2) is 9.78 Å². The Morgan fingerprint density at radius 3 is 2.89 bits per heavy atom. The van der Waals surface area contributed by atoms with Crippen LogP contribution in [-0.2, 0) is 4.74 Å². The predicted octanol–water partition coefficient (Wildman–Crippen LogP) is 2.97. The van der Waals surface area contributed by atoms with Crippen molar-refractivity contribution in [2.24, 2.45) is 0 Å². The van der Waals surface area contributed by atoms with E-state index < -0.39 is 5.97 Å². The van der Waals surface area contributed by atoms with E-state index in [0.717, 1.165) is 5.56 Å². The molecule has 4 nitrogen and oxygen atoms in total. The summed E-state index contributed by atoms with van der Waals surface area (Å²) in [5.41, 5.74) is 1.58. The van der Waals surface area contributed by atoms with E-state index in [9.17, 15) is 4.79 Å². The van der Waals surface area contributed by atoms with Crippen molar-refractivity contribution in [1.82, 2.24) is 9.97 Å². The van der Waals surface area contributed by atoms with Crippen LogP contribution < -0.4 is 0 Å². The first-order valence-corrected chi connectivity index (χ1v) is 5.84. The maximum atomic E-state index is 11.7. The van der Waals surface area contributed by atoms with Crippen LogP contribution in [0.2, 0.25) is 5.02 Å². The van der Waals surface area contributed by atoms with E-state index in [0.29, 0.717) is 5.69 Å². The Balaban J connectivity index is 2.41. The number of hydrogen-bond donors (Lipinski definition) is 0. The zero-order valence-corrected chi connectivity index (χ0v) is 10.5. The summed E-state index contributed by atoms with van der Waals surface area (Å²) in [5, 5.41) is 0.279. The van der Waals surface area contributed by atoms with Gasteiger partial charge < -0.3 is 4.74 Å². The lowest BCUT2D eigenvalue weighted by Gasteiger charge is -2.06. The van der Waals surface area contributed by atoms with Gasteiger partial charge in [0.2, 0.25) is 0 Å². The minimum atomic E-state index is -0.520. The first kappa shape index (κ1) is 12.5. The van der Waals surface area contributed by atoms with E-state index in [4.69, 9.17) is 16.3 Å². The highest BCUT2D eigenvalue weighted by atomic mass is 35.5. The number of aromatic nitrogens is 2. The van der Waals surface area contributed by atoms with Crippen molar-refractivity contribution < 1.29 is 9.53 Å². The minimum Gasteiger partial charge on any atom is -0.461 e. The molecule has 18 heavy (non-hydrogen) atoms. The van der Waals surface area contributed by atoms with E-state index in [1.54, 1.807) is 37.5 Å². The second-order valence-corrected chi connectivity index (χ2v) is 3.90. The third kappa shape index (κ3) is 2.65. The number of carbonyl (C=O) groups excluding carboxylic acids is 1. The molecular formula is C13H11ClN2O2. The number of pyridine rings is 2. The number of nitrogens with zero attached hydrogens (tertiary/aromatic N) is 2. The third-order valence-electron chi connectivity index (χ3n) is 2.27. The highest BCUT2D eigenvalue weighted by molar-refractivity contribution is 6.33. The lowest BCUT2D eigenvalue weighted by molar-refractivity contribution is 0.0520. The summed E-state index contributed by atoms with van der Waals surface area (Å²) in [7, 11) is 0. The van der Waals surface area contributed by atoms with Crippen LogP contribution in [0.4, 0.5) is 0 Å². The van der Waals surface area contributed by atoms with E-state index in [1.807, 2.05) is 6.07 Å². The molecule has 0 radical (unpaired) electrons. The van der Waals surface area contributed by atoms with Crippen molar-refractivity contribution in [2.45, 2.75) is 6.92 Å². The Bertz CT molecular complexity index is 558. The Labute approximate surface area is 110 Å². The molecule has 2 rings (SSSR count). The van der Waals surface area contributed by atoms with Gasteiger partial charge in [0.25, 0.3) is 0 Å². The Hall–Kier alpha value is -1.94. The molecule has 0 saturated carbocycles. The molecule has 0 saturated heterocycles. The Morgan fingerprint density at radius 2 is 2.22 bits per heavy atom. The van der Waals surface area contributed by atoms with Crippen LogP contribution in [0.15, 0.2) is 36.7 Å². The summed E-state index contributed by atoms with van der Waals surface area (Å²) in [5.74, 6) is -0.520. The van der Waals surface area contributed by atoms with Crippen LogP contribution in [0.5, 0.6) is 0 Å². The minimum absolute atomic E-state index is 0.125. The second kappa shape index (κ2) is 5.60. The van der Waals surface area contributed by atoms with Gasteiger partial charge in [-0.2, -0.15) is 0 Å². The molecule has 0 spiro atoms. The van der Waals surface area contributed by atoms with Gasteiger partial charge in [0.05, 0.1) is 17.3 Å². The molecule has 0 aromatic carbocycles. The normalized spacial score (nSPS) is 10.1. The fourth-order valence-electron chi connectivity index (χ4n) is 1.46. The highest BCUT2D eigenvalue weighted by Crippen LogP contribution is 2.21. The molecule has 0 atom stereocenters. The topological polar surface area (TPSA) is 52.1 Å². The molecule has 0 aliphatic carbocycles. The quantitative estimate of drug-likeness (QED) is 0.798. The maximum absolute atomic E-state index is 11.7. The molecule has 0 aliphatic rings. The maximum Gasteiger partial charge on any atom is 0.358 e. The number of ether oxygens (including phenoxy) is 1.